The van der Waals surface area contributed by atoms with Gasteiger partial charge in [-0.1, -0.05) is 29.8 Å². The lowest BCUT2D eigenvalue weighted by atomic mass is 10.1. The van der Waals surface area contributed by atoms with Crippen molar-refractivity contribution in [2.45, 2.75) is 13.0 Å². The average molecular weight is 268 g/mol. The van der Waals surface area contributed by atoms with Crippen LogP contribution in [0, 0.1) is 0 Å². The lowest BCUT2D eigenvalue weighted by Gasteiger charge is -2.08. The van der Waals surface area contributed by atoms with Gasteiger partial charge in [0.15, 0.2) is 0 Å². The Labute approximate surface area is 109 Å². The molecule has 0 unspecified atom stereocenters. The molecule has 0 spiro atoms. The highest BCUT2D eigenvalue weighted by atomic mass is 35.5. The van der Waals surface area contributed by atoms with Gasteiger partial charge in [0, 0.05) is 22.8 Å². The third kappa shape index (κ3) is 3.44. The van der Waals surface area contributed by atoms with E-state index in [0.29, 0.717) is 11.6 Å². The van der Waals surface area contributed by atoms with Crippen molar-refractivity contribution in [1.82, 2.24) is 0 Å². The summed E-state index contributed by atoms with van der Waals surface area (Å²) in [6.07, 6.45) is -2.43. The van der Waals surface area contributed by atoms with Crippen LogP contribution >= 0.6 is 11.6 Å². The number of alkyl halides is 2. The summed E-state index contributed by atoms with van der Waals surface area (Å²) in [6.45, 7) is 0.502. The third-order valence-corrected chi connectivity index (χ3v) is 2.80. The van der Waals surface area contributed by atoms with Gasteiger partial charge in [0.05, 0.1) is 0 Å². The fourth-order valence-electron chi connectivity index (χ4n) is 1.61. The summed E-state index contributed by atoms with van der Waals surface area (Å²) in [6, 6.07) is 13.6. The van der Waals surface area contributed by atoms with E-state index in [2.05, 4.69) is 5.32 Å². The Morgan fingerprint density at radius 2 is 1.78 bits per heavy atom. The molecule has 2 rings (SSSR count). The first-order chi connectivity index (χ1) is 8.65. The van der Waals surface area contributed by atoms with Crippen LogP contribution in [-0.2, 0) is 6.54 Å². The van der Waals surface area contributed by atoms with Crippen molar-refractivity contribution in [3.8, 4) is 0 Å². The van der Waals surface area contributed by atoms with Crippen LogP contribution in [0.2, 0.25) is 5.02 Å². The van der Waals surface area contributed by atoms with Gasteiger partial charge < -0.3 is 5.32 Å². The number of benzene rings is 2. The van der Waals surface area contributed by atoms with Crippen molar-refractivity contribution in [1.29, 1.82) is 0 Å². The van der Waals surface area contributed by atoms with E-state index >= 15 is 0 Å². The second-order valence-corrected chi connectivity index (χ2v) is 4.34. The van der Waals surface area contributed by atoms with E-state index in [1.54, 1.807) is 18.2 Å². The Morgan fingerprint density at radius 3 is 2.44 bits per heavy atom. The van der Waals surface area contributed by atoms with Gasteiger partial charge >= 0.3 is 0 Å². The first-order valence-corrected chi connectivity index (χ1v) is 5.89. The molecule has 0 atom stereocenters. The minimum atomic E-state index is -2.43. The second-order valence-electron chi connectivity index (χ2n) is 3.91. The monoisotopic (exact) mass is 267 g/mol. The molecule has 1 N–H and O–H groups in total. The summed E-state index contributed by atoms with van der Waals surface area (Å²) < 4.78 is 25.0. The summed E-state index contributed by atoms with van der Waals surface area (Å²) >= 11 is 5.77. The molecule has 2 aromatic carbocycles. The van der Waals surface area contributed by atoms with Gasteiger partial charge in [-0.25, -0.2) is 8.78 Å². The highest BCUT2D eigenvalue weighted by molar-refractivity contribution is 6.30. The Kier molecular flexibility index (Phi) is 4.15. The van der Waals surface area contributed by atoms with E-state index in [-0.39, 0.29) is 5.56 Å². The second kappa shape index (κ2) is 5.83. The maximum Gasteiger partial charge on any atom is 0.263 e. The van der Waals surface area contributed by atoms with E-state index in [0.717, 1.165) is 11.3 Å². The van der Waals surface area contributed by atoms with Crippen LogP contribution in [0.25, 0.3) is 0 Å². The molecule has 4 heteroatoms. The molecule has 0 saturated heterocycles. The van der Waals surface area contributed by atoms with Crippen LogP contribution in [0.5, 0.6) is 0 Å². The molecule has 0 aliphatic heterocycles. The molecule has 0 aliphatic carbocycles. The zero-order valence-electron chi connectivity index (χ0n) is 9.54. The topological polar surface area (TPSA) is 12.0 Å². The van der Waals surface area contributed by atoms with Crippen molar-refractivity contribution in [2.75, 3.05) is 5.32 Å². The van der Waals surface area contributed by atoms with Crippen LogP contribution in [-0.4, -0.2) is 0 Å². The number of rotatable bonds is 4. The Bertz CT molecular complexity index is 511. The van der Waals surface area contributed by atoms with Gasteiger partial charge in [0.25, 0.3) is 6.43 Å². The van der Waals surface area contributed by atoms with Gasteiger partial charge in [-0.15, -0.1) is 0 Å². The van der Waals surface area contributed by atoms with Crippen molar-refractivity contribution >= 4 is 17.3 Å². The molecule has 18 heavy (non-hydrogen) atoms. The summed E-state index contributed by atoms with van der Waals surface area (Å²) in [4.78, 5) is 0. The summed E-state index contributed by atoms with van der Waals surface area (Å²) in [5.41, 5.74) is 1.77. The Hall–Kier alpha value is -1.61. The predicted molar refractivity (Wildman–Crippen MR) is 70.2 cm³/mol. The lowest BCUT2D eigenvalue weighted by Crippen LogP contribution is -1.99. The number of halogens is 3. The van der Waals surface area contributed by atoms with E-state index in [4.69, 9.17) is 11.6 Å². The van der Waals surface area contributed by atoms with Gasteiger partial charge in [-0.05, 0) is 35.9 Å². The number of nitrogens with one attached hydrogen (secondary N) is 1. The third-order valence-electron chi connectivity index (χ3n) is 2.54. The maximum atomic E-state index is 12.5. The quantitative estimate of drug-likeness (QED) is 0.832. The molecule has 0 bridgehead atoms. The molecule has 0 amide bonds. The lowest BCUT2D eigenvalue weighted by molar-refractivity contribution is 0.151. The Morgan fingerprint density at radius 1 is 1.06 bits per heavy atom. The van der Waals surface area contributed by atoms with Gasteiger partial charge in [0.2, 0.25) is 0 Å². The van der Waals surface area contributed by atoms with E-state index in [1.807, 2.05) is 18.2 Å². The number of hydrogen-bond acceptors (Lipinski definition) is 1. The largest absolute Gasteiger partial charge is 0.381 e. The van der Waals surface area contributed by atoms with Gasteiger partial charge in [-0.2, -0.15) is 0 Å². The first kappa shape index (κ1) is 12.8. The fraction of sp³-hybridized carbons (Fsp3) is 0.143. The molecule has 2 aromatic rings. The molecule has 1 nitrogen and oxygen atoms in total. The maximum absolute atomic E-state index is 12.5. The summed E-state index contributed by atoms with van der Waals surface area (Å²) in [5, 5.41) is 3.82. The highest BCUT2D eigenvalue weighted by Crippen LogP contribution is 2.20. The standard InChI is InChI=1S/C14H12ClF2N/c15-12-4-6-13(7-5-12)18-9-10-2-1-3-11(8-10)14(16)17/h1-8,14,18H,9H2. The Balaban J connectivity index is 2.01. The van der Waals surface area contributed by atoms with E-state index in [1.165, 1.54) is 12.1 Å². The van der Waals surface area contributed by atoms with Crippen molar-refractivity contribution in [2.24, 2.45) is 0 Å². The van der Waals surface area contributed by atoms with Crippen LogP contribution in [0.4, 0.5) is 14.5 Å². The van der Waals surface area contributed by atoms with E-state index < -0.39 is 6.43 Å². The summed E-state index contributed by atoms with van der Waals surface area (Å²) in [5.74, 6) is 0. The van der Waals surface area contributed by atoms with Crippen LogP contribution in [0.1, 0.15) is 17.6 Å². The SMILES string of the molecule is FC(F)c1cccc(CNc2ccc(Cl)cc2)c1. The fourth-order valence-corrected chi connectivity index (χ4v) is 1.74. The molecule has 94 valence electrons. The normalized spacial score (nSPS) is 10.7. The van der Waals surface area contributed by atoms with E-state index in [9.17, 15) is 8.78 Å². The molecule has 0 radical (unpaired) electrons. The molecule has 0 aromatic heterocycles. The zero-order chi connectivity index (χ0) is 13.0. The smallest absolute Gasteiger partial charge is 0.263 e. The molecule has 0 fully saturated rings. The van der Waals surface area contributed by atoms with Gasteiger partial charge in [0.1, 0.15) is 0 Å². The van der Waals surface area contributed by atoms with Gasteiger partial charge in [-0.3, -0.25) is 0 Å². The molecular weight excluding hydrogens is 256 g/mol. The minimum absolute atomic E-state index is 0.0467. The van der Waals surface area contributed by atoms with Crippen LogP contribution in [0.15, 0.2) is 48.5 Å². The predicted octanol–water partition coefficient (Wildman–Crippen LogP) is 4.89. The molecular formula is C14H12ClF2N. The molecule has 0 saturated carbocycles. The van der Waals surface area contributed by atoms with Crippen molar-refractivity contribution in [3.05, 3.63) is 64.7 Å². The first-order valence-electron chi connectivity index (χ1n) is 5.51. The van der Waals surface area contributed by atoms with Crippen LogP contribution < -0.4 is 5.32 Å². The zero-order valence-corrected chi connectivity index (χ0v) is 10.3. The minimum Gasteiger partial charge on any atom is -0.381 e. The van der Waals surface area contributed by atoms with Crippen molar-refractivity contribution < 1.29 is 8.78 Å². The summed E-state index contributed by atoms with van der Waals surface area (Å²) in [7, 11) is 0. The number of hydrogen-bond donors (Lipinski definition) is 1. The highest BCUT2D eigenvalue weighted by Gasteiger charge is 2.06. The average Bonchev–Trinajstić information content (AvgIpc) is 2.38. The van der Waals surface area contributed by atoms with Crippen LogP contribution in [0.3, 0.4) is 0 Å². The number of anilines is 1. The van der Waals surface area contributed by atoms with Crippen molar-refractivity contribution in [3.63, 3.8) is 0 Å². The molecule has 0 heterocycles. The molecule has 0 aliphatic rings.